The van der Waals surface area contributed by atoms with Gasteiger partial charge in [0.1, 0.15) is 12.4 Å². The second kappa shape index (κ2) is 5.91. The van der Waals surface area contributed by atoms with Crippen molar-refractivity contribution in [3.05, 3.63) is 68.2 Å². The van der Waals surface area contributed by atoms with E-state index in [1.807, 2.05) is 0 Å². The molecule has 2 aromatic rings. The predicted molar refractivity (Wildman–Crippen MR) is 73.9 cm³/mol. The van der Waals surface area contributed by atoms with E-state index in [1.165, 1.54) is 12.1 Å². The highest BCUT2D eigenvalue weighted by Gasteiger charge is 2.17. The Bertz CT molecular complexity index is 617. The third-order valence-electron chi connectivity index (χ3n) is 2.50. The number of para-hydroxylation sites is 1. The molecule has 0 aliphatic rings. The number of benzene rings is 2. The van der Waals surface area contributed by atoms with E-state index in [9.17, 15) is 10.1 Å². The zero-order chi connectivity index (χ0) is 13.8. The average molecular weight is 298 g/mol. The molecule has 0 heterocycles. The van der Waals surface area contributed by atoms with Crippen LogP contribution in [0.15, 0.2) is 42.5 Å². The van der Waals surface area contributed by atoms with Gasteiger partial charge in [-0.25, -0.2) is 0 Å². The van der Waals surface area contributed by atoms with Crippen LogP contribution in [0.1, 0.15) is 5.56 Å². The van der Waals surface area contributed by atoms with Gasteiger partial charge in [0.25, 0.3) is 5.69 Å². The molecule has 0 bridgehead atoms. The van der Waals surface area contributed by atoms with Gasteiger partial charge in [-0.2, -0.15) is 0 Å². The fourth-order valence-corrected chi connectivity index (χ4v) is 1.99. The molecule has 98 valence electrons. The van der Waals surface area contributed by atoms with Gasteiger partial charge in [0, 0.05) is 6.07 Å². The van der Waals surface area contributed by atoms with Gasteiger partial charge in [-0.3, -0.25) is 10.1 Å². The van der Waals surface area contributed by atoms with Crippen molar-refractivity contribution in [1.29, 1.82) is 0 Å². The molecule has 0 aliphatic carbocycles. The van der Waals surface area contributed by atoms with Crippen LogP contribution in [0.25, 0.3) is 0 Å². The largest absolute Gasteiger partial charge is 0.487 e. The molecule has 4 nitrogen and oxygen atoms in total. The SMILES string of the molecule is O=[N+]([O-])c1cccc(Cl)c1COc1ccccc1Cl. The Balaban J connectivity index is 2.25. The van der Waals surface area contributed by atoms with E-state index in [0.29, 0.717) is 21.4 Å². The smallest absolute Gasteiger partial charge is 0.277 e. The van der Waals surface area contributed by atoms with Crippen molar-refractivity contribution in [2.75, 3.05) is 0 Å². The summed E-state index contributed by atoms with van der Waals surface area (Å²) in [4.78, 5) is 10.4. The van der Waals surface area contributed by atoms with Crippen LogP contribution in [0.3, 0.4) is 0 Å². The minimum atomic E-state index is -0.489. The van der Waals surface area contributed by atoms with Crippen molar-refractivity contribution in [2.45, 2.75) is 6.61 Å². The highest BCUT2D eigenvalue weighted by molar-refractivity contribution is 6.32. The number of nitro groups is 1. The summed E-state index contributed by atoms with van der Waals surface area (Å²) in [6, 6.07) is 11.4. The first kappa shape index (κ1) is 13.6. The van der Waals surface area contributed by atoms with Crippen LogP contribution in [0.5, 0.6) is 5.75 Å². The lowest BCUT2D eigenvalue weighted by Crippen LogP contribution is -2.01. The van der Waals surface area contributed by atoms with E-state index in [-0.39, 0.29) is 12.3 Å². The first-order chi connectivity index (χ1) is 9.09. The number of ether oxygens (including phenoxy) is 1. The van der Waals surface area contributed by atoms with E-state index >= 15 is 0 Å². The topological polar surface area (TPSA) is 52.4 Å². The van der Waals surface area contributed by atoms with Crippen molar-refractivity contribution >= 4 is 28.9 Å². The molecule has 0 unspecified atom stereocenters. The molecule has 6 heteroatoms. The molecule has 0 atom stereocenters. The van der Waals surface area contributed by atoms with E-state index < -0.39 is 4.92 Å². The first-order valence-corrected chi connectivity index (χ1v) is 6.14. The Kier molecular flexibility index (Phi) is 4.24. The standard InChI is InChI=1S/C13H9Cl2NO3/c14-10-5-3-6-12(16(17)18)9(10)8-19-13-7-2-1-4-11(13)15/h1-7H,8H2. The minimum absolute atomic E-state index is 0.0142. The van der Waals surface area contributed by atoms with E-state index in [1.54, 1.807) is 30.3 Å². The van der Waals surface area contributed by atoms with E-state index in [4.69, 9.17) is 27.9 Å². The van der Waals surface area contributed by atoms with Gasteiger partial charge >= 0.3 is 0 Å². The summed E-state index contributed by atoms with van der Waals surface area (Å²) in [6.07, 6.45) is 0. The lowest BCUT2D eigenvalue weighted by atomic mass is 10.2. The number of nitrogens with zero attached hydrogens (tertiary/aromatic N) is 1. The van der Waals surface area contributed by atoms with Crippen LogP contribution < -0.4 is 4.74 Å². The van der Waals surface area contributed by atoms with Crippen LogP contribution in [0, 0.1) is 10.1 Å². The Morgan fingerprint density at radius 1 is 1.05 bits per heavy atom. The third kappa shape index (κ3) is 3.16. The number of hydrogen-bond donors (Lipinski definition) is 0. The van der Waals surface area contributed by atoms with Gasteiger partial charge in [-0.1, -0.05) is 41.4 Å². The molecule has 0 aliphatic heterocycles. The molecule has 0 aromatic heterocycles. The number of hydrogen-bond acceptors (Lipinski definition) is 3. The molecule has 2 rings (SSSR count). The van der Waals surface area contributed by atoms with Crippen molar-refractivity contribution in [3.63, 3.8) is 0 Å². The summed E-state index contributed by atoms with van der Waals surface area (Å²) in [6.45, 7) is -0.0142. The number of nitro benzene ring substituents is 1. The van der Waals surface area contributed by atoms with Crippen LogP contribution in [-0.4, -0.2) is 4.92 Å². The fraction of sp³-hybridized carbons (Fsp3) is 0.0769. The van der Waals surface area contributed by atoms with Crippen molar-refractivity contribution in [1.82, 2.24) is 0 Å². The molecule has 0 amide bonds. The van der Waals surface area contributed by atoms with E-state index in [2.05, 4.69) is 0 Å². The van der Waals surface area contributed by atoms with Crippen molar-refractivity contribution < 1.29 is 9.66 Å². The summed E-state index contributed by atoms with van der Waals surface area (Å²) in [7, 11) is 0. The van der Waals surface area contributed by atoms with Gasteiger partial charge in [0.2, 0.25) is 0 Å². The maximum absolute atomic E-state index is 10.9. The zero-order valence-electron chi connectivity index (χ0n) is 9.68. The predicted octanol–water partition coefficient (Wildman–Crippen LogP) is 4.48. The molecular formula is C13H9Cl2NO3. The summed E-state index contributed by atoms with van der Waals surface area (Å²) in [5.41, 5.74) is 0.258. The summed E-state index contributed by atoms with van der Waals surface area (Å²) in [5, 5.41) is 11.7. The Morgan fingerprint density at radius 2 is 1.74 bits per heavy atom. The molecule has 0 N–H and O–H groups in total. The van der Waals surface area contributed by atoms with Crippen LogP contribution in [0.4, 0.5) is 5.69 Å². The van der Waals surface area contributed by atoms with Gasteiger partial charge in [-0.15, -0.1) is 0 Å². The molecule has 0 radical (unpaired) electrons. The monoisotopic (exact) mass is 297 g/mol. The highest BCUT2D eigenvalue weighted by Crippen LogP contribution is 2.29. The second-order valence-corrected chi connectivity index (χ2v) is 4.53. The average Bonchev–Trinajstić information content (AvgIpc) is 2.38. The number of rotatable bonds is 4. The maximum atomic E-state index is 10.9. The summed E-state index contributed by atoms with van der Waals surface area (Å²) >= 11 is 11.9. The molecule has 0 spiro atoms. The summed E-state index contributed by atoms with van der Waals surface area (Å²) in [5.74, 6) is 0.457. The van der Waals surface area contributed by atoms with Crippen molar-refractivity contribution in [3.8, 4) is 5.75 Å². The van der Waals surface area contributed by atoms with Crippen molar-refractivity contribution in [2.24, 2.45) is 0 Å². The Hall–Kier alpha value is -1.78. The highest BCUT2D eigenvalue weighted by atomic mass is 35.5. The lowest BCUT2D eigenvalue weighted by Gasteiger charge is -2.09. The van der Waals surface area contributed by atoms with Crippen LogP contribution in [0.2, 0.25) is 10.0 Å². The lowest BCUT2D eigenvalue weighted by molar-refractivity contribution is -0.385. The van der Waals surface area contributed by atoms with Crippen LogP contribution >= 0.6 is 23.2 Å². The second-order valence-electron chi connectivity index (χ2n) is 3.71. The van der Waals surface area contributed by atoms with Gasteiger partial charge in [0.05, 0.1) is 20.5 Å². The third-order valence-corrected chi connectivity index (χ3v) is 3.17. The quantitative estimate of drug-likeness (QED) is 0.617. The Labute approximate surface area is 119 Å². The zero-order valence-corrected chi connectivity index (χ0v) is 11.2. The van der Waals surface area contributed by atoms with Gasteiger partial charge < -0.3 is 4.74 Å². The fourth-order valence-electron chi connectivity index (χ4n) is 1.57. The van der Waals surface area contributed by atoms with Gasteiger partial charge in [0.15, 0.2) is 0 Å². The molecule has 0 fully saturated rings. The molecule has 0 saturated heterocycles. The Morgan fingerprint density at radius 3 is 2.42 bits per heavy atom. The number of halogens is 2. The maximum Gasteiger partial charge on any atom is 0.277 e. The molecule has 2 aromatic carbocycles. The molecular weight excluding hydrogens is 289 g/mol. The molecule has 0 saturated carbocycles. The van der Waals surface area contributed by atoms with Crippen LogP contribution in [-0.2, 0) is 6.61 Å². The minimum Gasteiger partial charge on any atom is -0.487 e. The normalized spacial score (nSPS) is 10.2. The summed E-state index contributed by atoms with van der Waals surface area (Å²) < 4.78 is 5.47. The van der Waals surface area contributed by atoms with E-state index in [0.717, 1.165) is 0 Å². The molecule has 19 heavy (non-hydrogen) atoms. The first-order valence-electron chi connectivity index (χ1n) is 5.38. The van der Waals surface area contributed by atoms with Gasteiger partial charge in [-0.05, 0) is 18.2 Å².